The molecule has 40 heavy (non-hydrogen) atoms. The van der Waals surface area contributed by atoms with Gasteiger partial charge in [-0.05, 0) is 58.1 Å². The van der Waals surface area contributed by atoms with Crippen molar-refractivity contribution in [3.05, 3.63) is 46.4 Å². The van der Waals surface area contributed by atoms with E-state index in [0.29, 0.717) is 49.2 Å². The Morgan fingerprint density at radius 3 is 2.58 bits per heavy atom. The molecule has 1 N–H and O–H groups in total. The maximum Gasteiger partial charge on any atom is 0.414 e. The average Bonchev–Trinajstić information content (AvgIpc) is 2.93. The standard InChI is InChI=1S/C27H35N5O5S.C2H6/c1-18-8-6-9-20-22(18)31(26(35)37-27(2,3)4)12-11-30(20)21-16-19-17-28-25(38-5)29-23(19)32(24(21)34)10-7-14-36-15-13-33;1-2/h6,8-9,16-17,33H,7,10-15H2,1-5H3;1-2H3. The molecule has 3 heterocycles. The molecule has 1 aromatic carbocycles. The smallest absolute Gasteiger partial charge is 0.414 e. The Morgan fingerprint density at radius 2 is 1.90 bits per heavy atom. The van der Waals surface area contributed by atoms with Crippen LogP contribution in [0.5, 0.6) is 0 Å². The van der Waals surface area contributed by atoms with Crippen LogP contribution >= 0.6 is 11.8 Å². The minimum Gasteiger partial charge on any atom is -0.443 e. The van der Waals surface area contributed by atoms with E-state index in [1.54, 1.807) is 15.7 Å². The number of aliphatic hydroxyl groups is 1. The molecule has 1 aliphatic heterocycles. The molecule has 0 fully saturated rings. The fourth-order valence-electron chi connectivity index (χ4n) is 4.51. The fourth-order valence-corrected chi connectivity index (χ4v) is 4.85. The third kappa shape index (κ3) is 7.13. The molecule has 0 unspecified atom stereocenters. The molecule has 0 saturated carbocycles. The SMILES string of the molecule is CC.CSc1ncc2cc(N3CCN(C(=O)OC(C)(C)C)c4c(C)cccc43)c(=O)n(CCCOCCO)c2n1. The third-order valence-corrected chi connectivity index (χ3v) is 6.67. The maximum absolute atomic E-state index is 14.0. The summed E-state index contributed by atoms with van der Waals surface area (Å²) in [5, 5.41) is 10.3. The molecular formula is C29H41N5O5S. The Bertz CT molecular complexity index is 1370. The van der Waals surface area contributed by atoms with Crippen LogP contribution < -0.4 is 15.4 Å². The number of carbonyl (C=O) groups is 1. The summed E-state index contributed by atoms with van der Waals surface area (Å²) in [7, 11) is 0. The number of hydrogen-bond donors (Lipinski definition) is 1. The lowest BCUT2D eigenvalue weighted by molar-refractivity contribution is 0.0580. The molecule has 11 heteroatoms. The van der Waals surface area contributed by atoms with Gasteiger partial charge in [0.15, 0.2) is 5.16 Å². The molecular weight excluding hydrogens is 530 g/mol. The lowest BCUT2D eigenvalue weighted by Crippen LogP contribution is -2.46. The van der Waals surface area contributed by atoms with Gasteiger partial charge in [-0.25, -0.2) is 14.8 Å². The number of amides is 1. The number of ether oxygens (including phenoxy) is 2. The van der Waals surface area contributed by atoms with Crippen molar-refractivity contribution in [2.75, 3.05) is 49.0 Å². The average molecular weight is 572 g/mol. The number of fused-ring (bicyclic) bond motifs is 2. The van der Waals surface area contributed by atoms with Crippen molar-refractivity contribution < 1.29 is 19.4 Å². The molecule has 0 bridgehead atoms. The zero-order valence-corrected chi connectivity index (χ0v) is 25.4. The van der Waals surface area contributed by atoms with E-state index < -0.39 is 11.7 Å². The van der Waals surface area contributed by atoms with Crippen LogP contribution in [-0.4, -0.2) is 70.5 Å². The molecule has 0 atom stereocenters. The summed E-state index contributed by atoms with van der Waals surface area (Å²) in [5.41, 5.74) is 2.65. The molecule has 10 nitrogen and oxygen atoms in total. The predicted molar refractivity (Wildman–Crippen MR) is 161 cm³/mol. The molecule has 4 rings (SSSR count). The zero-order chi connectivity index (χ0) is 29.4. The van der Waals surface area contributed by atoms with Gasteiger partial charge in [-0.2, -0.15) is 0 Å². The van der Waals surface area contributed by atoms with E-state index in [0.717, 1.165) is 22.3 Å². The van der Waals surface area contributed by atoms with E-state index >= 15 is 0 Å². The van der Waals surface area contributed by atoms with Gasteiger partial charge in [-0.3, -0.25) is 14.3 Å². The lowest BCUT2D eigenvalue weighted by Gasteiger charge is -2.39. The van der Waals surface area contributed by atoms with Gasteiger partial charge in [0.25, 0.3) is 5.56 Å². The molecule has 218 valence electrons. The molecule has 0 radical (unpaired) electrons. The summed E-state index contributed by atoms with van der Waals surface area (Å²) in [5.74, 6) is 0. The predicted octanol–water partition coefficient (Wildman–Crippen LogP) is 5.14. The first-order valence-corrected chi connectivity index (χ1v) is 14.9. The van der Waals surface area contributed by atoms with Crippen LogP contribution in [0.4, 0.5) is 21.9 Å². The highest BCUT2D eigenvalue weighted by Gasteiger charge is 2.33. The first-order valence-electron chi connectivity index (χ1n) is 13.7. The van der Waals surface area contributed by atoms with Crippen LogP contribution in [0, 0.1) is 6.92 Å². The highest BCUT2D eigenvalue weighted by molar-refractivity contribution is 7.98. The Hall–Kier alpha value is -3.15. The van der Waals surface area contributed by atoms with Crippen LogP contribution in [0.25, 0.3) is 11.0 Å². The van der Waals surface area contributed by atoms with Crippen molar-refractivity contribution in [2.24, 2.45) is 0 Å². The summed E-state index contributed by atoms with van der Waals surface area (Å²) in [6.07, 6.45) is 3.80. The van der Waals surface area contributed by atoms with Crippen molar-refractivity contribution in [1.82, 2.24) is 14.5 Å². The van der Waals surface area contributed by atoms with Crippen molar-refractivity contribution in [2.45, 2.75) is 65.3 Å². The fraction of sp³-hybridized carbons (Fsp3) is 0.517. The highest BCUT2D eigenvalue weighted by atomic mass is 32.2. The van der Waals surface area contributed by atoms with Crippen molar-refractivity contribution in [3.8, 4) is 0 Å². The lowest BCUT2D eigenvalue weighted by atomic mass is 10.1. The number of rotatable bonds is 8. The number of benzene rings is 1. The molecule has 0 aliphatic carbocycles. The second-order valence-electron chi connectivity index (χ2n) is 10.0. The quantitative estimate of drug-likeness (QED) is 0.223. The number of hydrogen-bond acceptors (Lipinski definition) is 9. The van der Waals surface area contributed by atoms with E-state index in [4.69, 9.17) is 14.6 Å². The van der Waals surface area contributed by atoms with Gasteiger partial charge in [-0.1, -0.05) is 37.7 Å². The van der Waals surface area contributed by atoms with E-state index in [1.807, 2.05) is 77.0 Å². The first kappa shape index (κ1) is 31.4. The summed E-state index contributed by atoms with van der Waals surface area (Å²) in [6, 6.07) is 7.62. The summed E-state index contributed by atoms with van der Waals surface area (Å²) >= 11 is 1.41. The molecule has 1 amide bonds. The Kier molecular flexibility index (Phi) is 11.0. The Morgan fingerprint density at radius 1 is 1.15 bits per heavy atom. The van der Waals surface area contributed by atoms with E-state index in [2.05, 4.69) is 9.97 Å². The summed E-state index contributed by atoms with van der Waals surface area (Å²) in [6.45, 7) is 13.3. The minimum atomic E-state index is -0.625. The number of pyridine rings is 1. The second kappa shape index (κ2) is 14.0. The summed E-state index contributed by atoms with van der Waals surface area (Å²) in [4.78, 5) is 39.7. The van der Waals surface area contributed by atoms with Gasteiger partial charge in [0.1, 0.15) is 16.9 Å². The number of thioether (sulfide) groups is 1. The number of para-hydroxylation sites is 1. The molecule has 0 spiro atoms. The largest absolute Gasteiger partial charge is 0.443 e. The van der Waals surface area contributed by atoms with Crippen LogP contribution in [0.2, 0.25) is 0 Å². The number of aryl methyl sites for hydroxylation is 2. The number of aromatic nitrogens is 3. The number of aliphatic hydroxyl groups excluding tert-OH is 1. The van der Waals surface area contributed by atoms with Crippen molar-refractivity contribution >= 4 is 46.0 Å². The van der Waals surface area contributed by atoms with Crippen molar-refractivity contribution in [1.29, 1.82) is 0 Å². The molecule has 0 saturated heterocycles. The highest BCUT2D eigenvalue weighted by Crippen LogP contribution is 2.40. The Labute approximate surface area is 240 Å². The van der Waals surface area contributed by atoms with Gasteiger partial charge in [0, 0.05) is 37.8 Å². The zero-order valence-electron chi connectivity index (χ0n) is 24.6. The van der Waals surface area contributed by atoms with Gasteiger partial charge in [0.05, 0.1) is 24.6 Å². The van der Waals surface area contributed by atoms with Crippen LogP contribution in [0.15, 0.2) is 40.4 Å². The van der Waals surface area contributed by atoms with Crippen LogP contribution in [-0.2, 0) is 16.0 Å². The second-order valence-corrected chi connectivity index (χ2v) is 10.8. The number of anilines is 3. The van der Waals surface area contributed by atoms with Gasteiger partial charge < -0.3 is 19.5 Å². The normalized spacial score (nSPS) is 13.1. The molecule has 1 aliphatic rings. The minimum absolute atomic E-state index is 0.0449. The monoisotopic (exact) mass is 571 g/mol. The molecule has 3 aromatic rings. The van der Waals surface area contributed by atoms with Gasteiger partial charge >= 0.3 is 6.09 Å². The number of nitrogens with zero attached hydrogens (tertiary/aromatic N) is 5. The van der Waals surface area contributed by atoms with E-state index in [-0.39, 0.29) is 18.8 Å². The topological polar surface area (TPSA) is 110 Å². The molecule has 2 aromatic heterocycles. The van der Waals surface area contributed by atoms with Gasteiger partial charge in [0.2, 0.25) is 0 Å². The summed E-state index contributed by atoms with van der Waals surface area (Å²) < 4.78 is 12.8. The van der Waals surface area contributed by atoms with Crippen LogP contribution in [0.1, 0.15) is 46.6 Å². The van der Waals surface area contributed by atoms with E-state index in [1.165, 1.54) is 11.8 Å². The van der Waals surface area contributed by atoms with Crippen molar-refractivity contribution in [3.63, 3.8) is 0 Å². The van der Waals surface area contributed by atoms with Gasteiger partial charge in [-0.15, -0.1) is 0 Å². The first-order chi connectivity index (χ1) is 19.1. The number of carbonyl (C=O) groups excluding carboxylic acids is 1. The third-order valence-electron chi connectivity index (χ3n) is 6.10. The Balaban J connectivity index is 0.00000216. The maximum atomic E-state index is 14.0. The van der Waals surface area contributed by atoms with Crippen LogP contribution in [0.3, 0.4) is 0 Å². The van der Waals surface area contributed by atoms with E-state index in [9.17, 15) is 9.59 Å².